The zero-order valence-electron chi connectivity index (χ0n) is 14.8. The molecular weight excluding hydrogens is 364 g/mol. The fourth-order valence-electron chi connectivity index (χ4n) is 2.56. The van der Waals surface area contributed by atoms with Gasteiger partial charge in [-0.1, -0.05) is 54.2 Å². The number of nitrogens with one attached hydrogen (secondary N) is 2. The van der Waals surface area contributed by atoms with Gasteiger partial charge in [0.25, 0.3) is 0 Å². The molecule has 0 unspecified atom stereocenters. The van der Waals surface area contributed by atoms with Crippen molar-refractivity contribution >= 4 is 23.4 Å². The van der Waals surface area contributed by atoms with Crippen LogP contribution < -0.4 is 15.7 Å². The van der Waals surface area contributed by atoms with Gasteiger partial charge in [0, 0.05) is 6.54 Å². The Labute approximate surface area is 160 Å². The number of aromatic amines is 1. The van der Waals surface area contributed by atoms with Gasteiger partial charge in [0.15, 0.2) is 5.16 Å². The summed E-state index contributed by atoms with van der Waals surface area (Å²) in [5.41, 5.74) is 1.46. The smallest absolute Gasteiger partial charge is 0.343 e. The molecule has 0 bridgehead atoms. The van der Waals surface area contributed by atoms with Crippen LogP contribution in [-0.2, 0) is 17.8 Å². The summed E-state index contributed by atoms with van der Waals surface area (Å²) in [6.45, 7) is 0.496. The molecular formula is C19H20N4O3S. The van der Waals surface area contributed by atoms with Crippen LogP contribution in [0.3, 0.4) is 0 Å². The second-order valence-electron chi connectivity index (χ2n) is 5.74. The second-order valence-corrected chi connectivity index (χ2v) is 6.68. The van der Waals surface area contributed by atoms with E-state index in [1.54, 1.807) is 23.8 Å². The lowest BCUT2D eigenvalue weighted by Crippen LogP contribution is -2.20. The van der Waals surface area contributed by atoms with Crippen LogP contribution in [0.25, 0.3) is 0 Å². The zero-order chi connectivity index (χ0) is 19.1. The molecule has 140 valence electrons. The van der Waals surface area contributed by atoms with Gasteiger partial charge >= 0.3 is 5.69 Å². The maximum atomic E-state index is 12.2. The Morgan fingerprint density at radius 1 is 1.19 bits per heavy atom. The summed E-state index contributed by atoms with van der Waals surface area (Å²) < 4.78 is 6.77. The number of carbonyl (C=O) groups is 1. The number of methoxy groups -OCH3 is 1. The number of benzene rings is 2. The van der Waals surface area contributed by atoms with E-state index >= 15 is 0 Å². The third-order valence-corrected chi connectivity index (χ3v) is 4.88. The summed E-state index contributed by atoms with van der Waals surface area (Å²) in [7, 11) is 1.55. The normalized spacial score (nSPS) is 10.6. The van der Waals surface area contributed by atoms with E-state index in [9.17, 15) is 9.59 Å². The van der Waals surface area contributed by atoms with E-state index in [0.29, 0.717) is 29.6 Å². The first-order chi connectivity index (χ1) is 13.2. The third-order valence-electron chi connectivity index (χ3n) is 3.90. The monoisotopic (exact) mass is 384 g/mol. The lowest BCUT2D eigenvalue weighted by atomic mass is 10.1. The first kappa shape index (κ1) is 18.8. The van der Waals surface area contributed by atoms with Crippen molar-refractivity contribution in [2.75, 3.05) is 18.2 Å². The Balaban J connectivity index is 1.59. The molecule has 0 aliphatic carbocycles. The summed E-state index contributed by atoms with van der Waals surface area (Å²) in [6.07, 6.45) is 0.710. The van der Waals surface area contributed by atoms with Crippen molar-refractivity contribution in [1.29, 1.82) is 0 Å². The summed E-state index contributed by atoms with van der Waals surface area (Å²) in [6, 6.07) is 17.1. The molecule has 8 heteroatoms. The van der Waals surface area contributed by atoms with Gasteiger partial charge in [0.1, 0.15) is 5.75 Å². The number of amides is 1. The third kappa shape index (κ3) is 5.01. The van der Waals surface area contributed by atoms with Crippen molar-refractivity contribution in [1.82, 2.24) is 14.8 Å². The maximum absolute atomic E-state index is 12.2. The Hall–Kier alpha value is -3.00. The number of hydrogen-bond donors (Lipinski definition) is 2. The molecule has 2 N–H and O–H groups in total. The fourth-order valence-corrected chi connectivity index (χ4v) is 3.33. The zero-order valence-corrected chi connectivity index (χ0v) is 15.7. The number of aryl methyl sites for hydroxylation is 1. The van der Waals surface area contributed by atoms with Gasteiger partial charge in [0.05, 0.1) is 18.6 Å². The van der Waals surface area contributed by atoms with Crippen molar-refractivity contribution in [2.45, 2.75) is 18.1 Å². The number of para-hydroxylation sites is 2. The predicted molar refractivity (Wildman–Crippen MR) is 105 cm³/mol. The molecule has 0 radical (unpaired) electrons. The minimum absolute atomic E-state index is 0.133. The number of ether oxygens (including phenoxy) is 1. The van der Waals surface area contributed by atoms with Crippen molar-refractivity contribution in [2.24, 2.45) is 0 Å². The van der Waals surface area contributed by atoms with Gasteiger partial charge in [-0.15, -0.1) is 5.10 Å². The average molecular weight is 384 g/mol. The van der Waals surface area contributed by atoms with Gasteiger partial charge in [-0.05, 0) is 24.1 Å². The second kappa shape index (κ2) is 9.09. The minimum atomic E-state index is -0.279. The standard InChI is InChI=1S/C19H20N4O3S/c1-26-16-10-6-5-9-15(16)20-17(24)13-27-19-22-21-18(25)23(19)12-11-14-7-3-2-4-8-14/h2-10H,11-13H2,1H3,(H,20,24)(H,21,25). The van der Waals surface area contributed by atoms with E-state index in [1.807, 2.05) is 42.5 Å². The number of thioether (sulfide) groups is 1. The number of nitrogens with zero attached hydrogens (tertiary/aromatic N) is 2. The van der Waals surface area contributed by atoms with Crippen LogP contribution in [0.4, 0.5) is 5.69 Å². The predicted octanol–water partition coefficient (Wildman–Crippen LogP) is 2.55. The van der Waals surface area contributed by atoms with E-state index in [1.165, 1.54) is 11.8 Å². The summed E-state index contributed by atoms with van der Waals surface area (Å²) in [4.78, 5) is 24.2. The molecule has 0 aliphatic rings. The van der Waals surface area contributed by atoms with Crippen molar-refractivity contribution in [3.05, 3.63) is 70.6 Å². The highest BCUT2D eigenvalue weighted by atomic mass is 32.2. The quantitative estimate of drug-likeness (QED) is 0.583. The molecule has 0 saturated carbocycles. The lowest BCUT2D eigenvalue weighted by molar-refractivity contribution is -0.113. The maximum Gasteiger partial charge on any atom is 0.343 e. The van der Waals surface area contributed by atoms with E-state index in [2.05, 4.69) is 15.5 Å². The minimum Gasteiger partial charge on any atom is -0.495 e. The molecule has 7 nitrogen and oxygen atoms in total. The number of carbonyl (C=O) groups excluding carboxylic acids is 1. The highest BCUT2D eigenvalue weighted by Crippen LogP contribution is 2.23. The highest BCUT2D eigenvalue weighted by molar-refractivity contribution is 7.99. The molecule has 0 spiro atoms. The molecule has 0 atom stereocenters. The van der Waals surface area contributed by atoms with E-state index in [4.69, 9.17) is 4.74 Å². The van der Waals surface area contributed by atoms with Gasteiger partial charge < -0.3 is 10.1 Å². The molecule has 2 aromatic carbocycles. The van der Waals surface area contributed by atoms with E-state index in [-0.39, 0.29) is 17.3 Å². The fraction of sp³-hybridized carbons (Fsp3) is 0.211. The Bertz CT molecular complexity index is 953. The van der Waals surface area contributed by atoms with Crippen LogP contribution in [-0.4, -0.2) is 33.5 Å². The van der Waals surface area contributed by atoms with Gasteiger partial charge in [0.2, 0.25) is 5.91 Å². The first-order valence-corrected chi connectivity index (χ1v) is 9.40. The number of H-pyrrole nitrogens is 1. The molecule has 0 saturated heterocycles. The SMILES string of the molecule is COc1ccccc1NC(=O)CSc1n[nH]c(=O)n1CCc1ccccc1. The molecule has 0 aliphatic heterocycles. The number of anilines is 1. The molecule has 27 heavy (non-hydrogen) atoms. The number of hydrogen-bond acceptors (Lipinski definition) is 5. The van der Waals surface area contributed by atoms with Gasteiger partial charge in [-0.3, -0.25) is 9.36 Å². The van der Waals surface area contributed by atoms with E-state index < -0.39 is 0 Å². The van der Waals surface area contributed by atoms with Crippen LogP contribution >= 0.6 is 11.8 Å². The van der Waals surface area contributed by atoms with E-state index in [0.717, 1.165) is 5.56 Å². The van der Waals surface area contributed by atoms with Crippen LogP contribution in [0, 0.1) is 0 Å². The molecule has 3 rings (SSSR count). The topological polar surface area (TPSA) is 89.0 Å². The summed E-state index contributed by atoms with van der Waals surface area (Å²) in [5, 5.41) is 9.77. The summed E-state index contributed by atoms with van der Waals surface area (Å²) in [5.74, 6) is 0.526. The van der Waals surface area contributed by atoms with Crippen LogP contribution in [0.1, 0.15) is 5.56 Å². The molecule has 1 heterocycles. The summed E-state index contributed by atoms with van der Waals surface area (Å²) >= 11 is 1.21. The Kier molecular flexibility index (Phi) is 6.32. The molecule has 1 amide bonds. The molecule has 0 fully saturated rings. The largest absolute Gasteiger partial charge is 0.495 e. The van der Waals surface area contributed by atoms with Crippen LogP contribution in [0.15, 0.2) is 64.5 Å². The van der Waals surface area contributed by atoms with Crippen LogP contribution in [0.5, 0.6) is 5.75 Å². The van der Waals surface area contributed by atoms with Crippen molar-refractivity contribution in [3.63, 3.8) is 0 Å². The molecule has 1 aromatic heterocycles. The Morgan fingerprint density at radius 3 is 2.70 bits per heavy atom. The van der Waals surface area contributed by atoms with Crippen molar-refractivity contribution < 1.29 is 9.53 Å². The Morgan fingerprint density at radius 2 is 1.93 bits per heavy atom. The van der Waals surface area contributed by atoms with Gasteiger partial charge in [-0.2, -0.15) is 0 Å². The van der Waals surface area contributed by atoms with Gasteiger partial charge in [-0.25, -0.2) is 9.89 Å². The number of rotatable bonds is 8. The van der Waals surface area contributed by atoms with Crippen molar-refractivity contribution in [3.8, 4) is 5.75 Å². The first-order valence-electron chi connectivity index (χ1n) is 8.42. The number of aromatic nitrogens is 3. The highest BCUT2D eigenvalue weighted by Gasteiger charge is 2.13. The lowest BCUT2D eigenvalue weighted by Gasteiger charge is -2.09. The van der Waals surface area contributed by atoms with Crippen LogP contribution in [0.2, 0.25) is 0 Å². The average Bonchev–Trinajstić information content (AvgIpc) is 3.05. The molecule has 3 aromatic rings.